The van der Waals surface area contributed by atoms with Gasteiger partial charge < -0.3 is 9.30 Å². The zero-order valence-corrected chi connectivity index (χ0v) is 21.2. The van der Waals surface area contributed by atoms with Crippen LogP contribution in [-0.2, 0) is 29.7 Å². The van der Waals surface area contributed by atoms with Gasteiger partial charge in [-0.25, -0.2) is 9.07 Å². The molecule has 0 bridgehead atoms. The fourth-order valence-electron chi connectivity index (χ4n) is 4.91. The van der Waals surface area contributed by atoms with E-state index in [0.717, 1.165) is 43.7 Å². The summed E-state index contributed by atoms with van der Waals surface area (Å²) in [6, 6.07) is 16.8. The lowest BCUT2D eigenvalue weighted by molar-refractivity contribution is -0.144. The maximum absolute atomic E-state index is 13.5. The Labute approximate surface area is 211 Å². The van der Waals surface area contributed by atoms with E-state index in [1.165, 1.54) is 17.7 Å². The first-order chi connectivity index (χ1) is 16.9. The maximum atomic E-state index is 13.5. The van der Waals surface area contributed by atoms with E-state index in [4.69, 9.17) is 22.1 Å². The Bertz CT molecular complexity index is 1170. The van der Waals surface area contributed by atoms with Crippen molar-refractivity contribution < 1.29 is 13.9 Å². The molecule has 2 heterocycles. The number of likely N-dealkylation sites (tertiary alicyclic amines) is 1. The van der Waals surface area contributed by atoms with Crippen LogP contribution in [0.1, 0.15) is 49.1 Å². The van der Waals surface area contributed by atoms with E-state index in [0.29, 0.717) is 30.4 Å². The molecule has 0 aliphatic carbocycles. The zero-order chi connectivity index (χ0) is 24.8. The molecule has 2 aromatic carbocycles. The summed E-state index contributed by atoms with van der Waals surface area (Å²) in [6.07, 6.45) is 2.94. The Balaban J connectivity index is 1.41. The lowest BCUT2D eigenvalue weighted by Crippen LogP contribution is -2.37. The molecule has 6 nitrogen and oxygen atoms in total. The molecule has 4 rings (SSSR count). The number of carbonyl (C=O) groups excluding carboxylic acids is 1. The molecule has 186 valence electrons. The summed E-state index contributed by atoms with van der Waals surface area (Å²) in [4.78, 5) is 14.7. The molecule has 0 radical (unpaired) electrons. The van der Waals surface area contributed by atoms with Gasteiger partial charge in [-0.1, -0.05) is 42.5 Å². The summed E-state index contributed by atoms with van der Waals surface area (Å²) in [6.45, 7) is 4.60. The van der Waals surface area contributed by atoms with Crippen molar-refractivity contribution in [3.8, 4) is 0 Å². The number of hydrogen-bond donors (Lipinski definition) is 0. The molecule has 0 amide bonds. The Morgan fingerprint density at radius 3 is 2.49 bits per heavy atom. The third kappa shape index (κ3) is 6.44. The Morgan fingerprint density at radius 2 is 1.83 bits per heavy atom. The van der Waals surface area contributed by atoms with E-state index < -0.39 is 0 Å². The monoisotopic (exact) mass is 496 g/mol. The number of ether oxygens (including phenoxy) is 1. The van der Waals surface area contributed by atoms with Gasteiger partial charge in [-0.2, -0.15) is 5.10 Å². The average Bonchev–Trinajstić information content (AvgIpc) is 3.12. The topological polar surface area (TPSA) is 52.3 Å². The molecule has 1 aromatic heterocycles. The number of hydrogen-bond acceptors (Lipinski definition) is 5. The second kappa shape index (κ2) is 11.7. The molecule has 3 aromatic rings. The van der Waals surface area contributed by atoms with Gasteiger partial charge in [0, 0.05) is 26.6 Å². The number of nitrogens with zero attached hydrogens (tertiary/aromatic N) is 4. The molecule has 8 heteroatoms. The zero-order valence-electron chi connectivity index (χ0n) is 20.4. The Morgan fingerprint density at radius 1 is 1.14 bits per heavy atom. The number of piperidine rings is 1. The largest absolute Gasteiger partial charge is 0.466 e. The third-order valence-electron chi connectivity index (χ3n) is 6.86. The Kier molecular flexibility index (Phi) is 8.46. The van der Waals surface area contributed by atoms with Crippen molar-refractivity contribution in [2.75, 3.05) is 19.7 Å². The van der Waals surface area contributed by atoms with Crippen molar-refractivity contribution >= 4 is 18.2 Å². The molecular formula is C27H33FN4O2S. The van der Waals surface area contributed by atoms with E-state index in [1.54, 1.807) is 12.1 Å². The lowest BCUT2D eigenvalue weighted by atomic mass is 9.78. The molecule has 1 fully saturated rings. The maximum Gasteiger partial charge on any atom is 0.306 e. The second-order valence-corrected chi connectivity index (χ2v) is 9.55. The van der Waals surface area contributed by atoms with Crippen LogP contribution >= 0.6 is 12.2 Å². The van der Waals surface area contributed by atoms with E-state index in [2.05, 4.69) is 17.0 Å². The van der Waals surface area contributed by atoms with Crippen LogP contribution in [0.25, 0.3) is 0 Å². The van der Waals surface area contributed by atoms with Crippen molar-refractivity contribution in [2.24, 2.45) is 13.0 Å². The van der Waals surface area contributed by atoms with E-state index in [-0.39, 0.29) is 17.7 Å². The lowest BCUT2D eigenvalue weighted by Gasteiger charge is -2.36. The minimum atomic E-state index is -0.266. The molecule has 0 spiro atoms. The number of benzene rings is 2. The van der Waals surface area contributed by atoms with Crippen LogP contribution in [0.15, 0.2) is 54.6 Å². The van der Waals surface area contributed by atoms with Crippen LogP contribution in [0, 0.1) is 16.5 Å². The van der Waals surface area contributed by atoms with Crippen LogP contribution in [0.2, 0.25) is 0 Å². The first kappa shape index (κ1) is 25.3. The van der Waals surface area contributed by atoms with Crippen LogP contribution in [0.3, 0.4) is 0 Å². The summed E-state index contributed by atoms with van der Waals surface area (Å²) in [5.41, 5.74) is 2.20. The molecule has 35 heavy (non-hydrogen) atoms. The molecule has 0 saturated carbocycles. The minimum Gasteiger partial charge on any atom is -0.466 e. The number of esters is 1. The highest BCUT2D eigenvalue weighted by atomic mass is 32.1. The summed E-state index contributed by atoms with van der Waals surface area (Å²) < 4.78 is 23.3. The van der Waals surface area contributed by atoms with Crippen LogP contribution in [0.5, 0.6) is 0 Å². The van der Waals surface area contributed by atoms with Gasteiger partial charge in [0.05, 0.1) is 19.7 Å². The fourth-order valence-corrected chi connectivity index (χ4v) is 5.11. The average molecular weight is 497 g/mol. The normalized spacial score (nSPS) is 15.7. The fraction of sp³-hybridized carbons (Fsp3) is 0.444. The molecule has 1 saturated heterocycles. The van der Waals surface area contributed by atoms with Gasteiger partial charge in [0.1, 0.15) is 11.6 Å². The van der Waals surface area contributed by atoms with Crippen molar-refractivity contribution in [3.05, 3.63) is 82.1 Å². The highest BCUT2D eigenvalue weighted by molar-refractivity contribution is 7.71. The molecular weight excluding hydrogens is 463 g/mol. The highest BCUT2D eigenvalue weighted by Gasteiger charge is 2.30. The van der Waals surface area contributed by atoms with Gasteiger partial charge >= 0.3 is 5.97 Å². The predicted octanol–water partition coefficient (Wildman–Crippen LogP) is 5.09. The van der Waals surface area contributed by atoms with Crippen LogP contribution in [0.4, 0.5) is 4.39 Å². The predicted molar refractivity (Wildman–Crippen MR) is 136 cm³/mol. The van der Waals surface area contributed by atoms with Crippen molar-refractivity contribution in [1.29, 1.82) is 0 Å². The molecule has 1 atom stereocenters. The van der Waals surface area contributed by atoms with Gasteiger partial charge in [-0.3, -0.25) is 9.69 Å². The second-order valence-electron chi connectivity index (χ2n) is 9.18. The summed E-state index contributed by atoms with van der Waals surface area (Å²) in [5.74, 6) is 0.826. The number of halogens is 1. The highest BCUT2D eigenvalue weighted by Crippen LogP contribution is 2.36. The van der Waals surface area contributed by atoms with Gasteiger partial charge in [-0.05, 0) is 67.1 Å². The van der Waals surface area contributed by atoms with Gasteiger partial charge in [-0.15, -0.1) is 0 Å². The summed E-state index contributed by atoms with van der Waals surface area (Å²) in [7, 11) is 1.97. The minimum absolute atomic E-state index is 0.0197. The number of carbonyl (C=O) groups is 1. The van der Waals surface area contributed by atoms with E-state index in [9.17, 15) is 9.18 Å². The standard InChI is InChI=1S/C27H33FN4O2S/c1-3-34-26(33)18-24(21-9-11-23(28)12-10-21)22-13-15-31(16-14-22)19-32-27(35)30(2)25(29-32)17-20-7-5-4-6-8-20/h4-12,22,24H,3,13-19H2,1-2H3/t24-/m1/s1. The quantitative estimate of drug-likeness (QED) is 0.305. The van der Waals surface area contributed by atoms with E-state index in [1.807, 2.05) is 41.4 Å². The summed E-state index contributed by atoms with van der Waals surface area (Å²) >= 11 is 5.66. The first-order valence-corrected chi connectivity index (χ1v) is 12.7. The SMILES string of the molecule is CCOC(=O)C[C@H](c1ccc(F)cc1)C1CCN(Cn2nc(Cc3ccccc3)n(C)c2=S)CC1. The van der Waals surface area contributed by atoms with E-state index >= 15 is 0 Å². The molecule has 1 aliphatic heterocycles. The smallest absolute Gasteiger partial charge is 0.306 e. The third-order valence-corrected chi connectivity index (χ3v) is 7.35. The first-order valence-electron chi connectivity index (χ1n) is 12.2. The van der Waals surface area contributed by atoms with Gasteiger partial charge in [0.15, 0.2) is 4.77 Å². The van der Waals surface area contributed by atoms with Crippen LogP contribution < -0.4 is 0 Å². The van der Waals surface area contributed by atoms with Crippen LogP contribution in [-0.4, -0.2) is 44.9 Å². The molecule has 1 aliphatic rings. The number of rotatable bonds is 9. The van der Waals surface area contributed by atoms with Crippen molar-refractivity contribution in [3.63, 3.8) is 0 Å². The number of aromatic nitrogens is 3. The van der Waals surface area contributed by atoms with Crippen molar-refractivity contribution in [1.82, 2.24) is 19.2 Å². The molecule has 0 N–H and O–H groups in total. The summed E-state index contributed by atoms with van der Waals surface area (Å²) in [5, 5.41) is 4.81. The molecule has 0 unspecified atom stereocenters. The van der Waals surface area contributed by atoms with Crippen molar-refractivity contribution in [2.45, 2.75) is 45.2 Å². The Hall–Kier alpha value is -2.84. The van der Waals surface area contributed by atoms with Gasteiger partial charge in [0.25, 0.3) is 0 Å². The van der Waals surface area contributed by atoms with Gasteiger partial charge in [0.2, 0.25) is 0 Å².